The summed E-state index contributed by atoms with van der Waals surface area (Å²) < 4.78 is 5.40. The summed E-state index contributed by atoms with van der Waals surface area (Å²) in [5.74, 6) is 0. The fourth-order valence-corrected chi connectivity index (χ4v) is 1.12. The molecule has 0 saturated carbocycles. The van der Waals surface area contributed by atoms with Gasteiger partial charge in [-0.25, -0.2) is 0 Å². The van der Waals surface area contributed by atoms with Gasteiger partial charge in [-0.05, 0) is 45.1 Å². The Labute approximate surface area is 81.3 Å². The van der Waals surface area contributed by atoms with E-state index in [0.29, 0.717) is 6.61 Å². The molecule has 3 nitrogen and oxygen atoms in total. The molecule has 0 radical (unpaired) electrons. The van der Waals surface area contributed by atoms with E-state index in [4.69, 9.17) is 15.6 Å². The highest BCUT2D eigenvalue weighted by Gasteiger charge is 1.90. The van der Waals surface area contributed by atoms with E-state index in [2.05, 4.69) is 0 Å². The Kier molecular flexibility index (Phi) is 11.8. The standard InChI is InChI=1S/C10H23NO2/c11-7-3-1-5-9-13-10-6-2-4-8-12/h12H,1-11H2. The minimum Gasteiger partial charge on any atom is -0.396 e. The zero-order chi connectivity index (χ0) is 9.78. The normalized spacial score (nSPS) is 10.6. The molecule has 0 spiro atoms. The van der Waals surface area contributed by atoms with Crippen LogP contribution in [0.1, 0.15) is 38.5 Å². The molecule has 3 N–H and O–H groups in total. The molecular weight excluding hydrogens is 166 g/mol. The molecule has 0 aromatic rings. The molecule has 0 aliphatic carbocycles. The van der Waals surface area contributed by atoms with Crippen molar-refractivity contribution in [3.63, 3.8) is 0 Å². The molecule has 80 valence electrons. The number of rotatable bonds is 10. The Hall–Kier alpha value is -0.120. The highest BCUT2D eigenvalue weighted by molar-refractivity contribution is 4.43. The lowest BCUT2D eigenvalue weighted by molar-refractivity contribution is 0.124. The van der Waals surface area contributed by atoms with Crippen molar-refractivity contribution in [2.45, 2.75) is 38.5 Å². The Bertz CT molecular complexity index is 79.0. The number of aliphatic hydroxyl groups excluding tert-OH is 1. The third-order valence-electron chi connectivity index (χ3n) is 1.94. The smallest absolute Gasteiger partial charge is 0.0466 e. The molecule has 13 heavy (non-hydrogen) atoms. The highest BCUT2D eigenvalue weighted by Crippen LogP contribution is 1.97. The number of nitrogens with two attached hydrogens (primary N) is 1. The second-order valence-electron chi connectivity index (χ2n) is 3.25. The first-order chi connectivity index (χ1) is 6.41. The van der Waals surface area contributed by atoms with Crippen molar-refractivity contribution in [1.82, 2.24) is 0 Å². The van der Waals surface area contributed by atoms with Gasteiger partial charge >= 0.3 is 0 Å². The summed E-state index contributed by atoms with van der Waals surface area (Å²) in [6, 6.07) is 0. The van der Waals surface area contributed by atoms with Crippen molar-refractivity contribution in [3.8, 4) is 0 Å². The zero-order valence-electron chi connectivity index (χ0n) is 8.50. The maximum absolute atomic E-state index is 8.51. The van der Waals surface area contributed by atoms with Gasteiger partial charge in [0.25, 0.3) is 0 Å². The van der Waals surface area contributed by atoms with Gasteiger partial charge in [-0.1, -0.05) is 0 Å². The third-order valence-corrected chi connectivity index (χ3v) is 1.94. The van der Waals surface area contributed by atoms with Gasteiger partial charge in [0.1, 0.15) is 0 Å². The second-order valence-corrected chi connectivity index (χ2v) is 3.25. The first-order valence-electron chi connectivity index (χ1n) is 5.30. The number of ether oxygens (including phenoxy) is 1. The van der Waals surface area contributed by atoms with Crippen LogP contribution in [0.5, 0.6) is 0 Å². The molecule has 0 aliphatic rings. The van der Waals surface area contributed by atoms with Crippen molar-refractivity contribution < 1.29 is 9.84 Å². The van der Waals surface area contributed by atoms with Gasteiger partial charge in [0.05, 0.1) is 0 Å². The molecule has 0 fully saturated rings. The van der Waals surface area contributed by atoms with Crippen LogP contribution in [0, 0.1) is 0 Å². The molecule has 0 aliphatic heterocycles. The van der Waals surface area contributed by atoms with Gasteiger partial charge in [0.15, 0.2) is 0 Å². The lowest BCUT2D eigenvalue weighted by Crippen LogP contribution is -2.01. The van der Waals surface area contributed by atoms with E-state index in [1.165, 1.54) is 6.42 Å². The summed E-state index contributed by atoms with van der Waals surface area (Å²) in [6.07, 6.45) is 6.44. The van der Waals surface area contributed by atoms with E-state index in [0.717, 1.165) is 51.9 Å². The lowest BCUT2D eigenvalue weighted by atomic mass is 10.2. The van der Waals surface area contributed by atoms with E-state index >= 15 is 0 Å². The highest BCUT2D eigenvalue weighted by atomic mass is 16.5. The number of aliphatic hydroxyl groups is 1. The van der Waals surface area contributed by atoms with Crippen LogP contribution < -0.4 is 5.73 Å². The van der Waals surface area contributed by atoms with Crippen LogP contribution in [0.2, 0.25) is 0 Å². The minimum absolute atomic E-state index is 0.302. The van der Waals surface area contributed by atoms with Crippen molar-refractivity contribution in [2.24, 2.45) is 5.73 Å². The summed E-state index contributed by atoms with van der Waals surface area (Å²) >= 11 is 0. The number of hydrogen-bond donors (Lipinski definition) is 2. The maximum Gasteiger partial charge on any atom is 0.0466 e. The zero-order valence-corrected chi connectivity index (χ0v) is 8.50. The first-order valence-corrected chi connectivity index (χ1v) is 5.30. The number of hydrogen-bond acceptors (Lipinski definition) is 3. The van der Waals surface area contributed by atoms with Crippen molar-refractivity contribution >= 4 is 0 Å². The molecule has 0 rings (SSSR count). The summed E-state index contributed by atoms with van der Waals surface area (Å²) in [5.41, 5.74) is 5.36. The minimum atomic E-state index is 0.302. The van der Waals surface area contributed by atoms with Crippen LogP contribution in [-0.4, -0.2) is 31.5 Å². The summed E-state index contributed by atoms with van der Waals surface area (Å²) in [7, 11) is 0. The molecule has 0 saturated heterocycles. The molecule has 3 heteroatoms. The molecular formula is C10H23NO2. The van der Waals surface area contributed by atoms with E-state index in [1.54, 1.807) is 0 Å². The van der Waals surface area contributed by atoms with Crippen LogP contribution >= 0.6 is 0 Å². The Morgan fingerprint density at radius 3 is 2.00 bits per heavy atom. The summed E-state index contributed by atoms with van der Waals surface area (Å²) in [6.45, 7) is 2.79. The van der Waals surface area contributed by atoms with Crippen LogP contribution in [0.15, 0.2) is 0 Å². The predicted octanol–water partition coefficient (Wildman–Crippen LogP) is 1.29. The molecule has 0 amide bonds. The van der Waals surface area contributed by atoms with Crippen molar-refractivity contribution in [2.75, 3.05) is 26.4 Å². The van der Waals surface area contributed by atoms with E-state index < -0.39 is 0 Å². The molecule has 0 unspecified atom stereocenters. The molecule has 0 aromatic carbocycles. The van der Waals surface area contributed by atoms with Gasteiger partial charge in [0.2, 0.25) is 0 Å². The Morgan fingerprint density at radius 1 is 0.846 bits per heavy atom. The molecule has 0 heterocycles. The lowest BCUT2D eigenvalue weighted by Gasteiger charge is -2.03. The van der Waals surface area contributed by atoms with E-state index in [9.17, 15) is 0 Å². The summed E-state index contributed by atoms with van der Waals surface area (Å²) in [4.78, 5) is 0. The average molecular weight is 189 g/mol. The van der Waals surface area contributed by atoms with E-state index in [-0.39, 0.29) is 0 Å². The SMILES string of the molecule is NCCCCCOCCCCCO. The Morgan fingerprint density at radius 2 is 1.46 bits per heavy atom. The average Bonchev–Trinajstić information content (AvgIpc) is 2.16. The Balaban J connectivity index is 2.76. The van der Waals surface area contributed by atoms with Crippen LogP contribution in [0.25, 0.3) is 0 Å². The largest absolute Gasteiger partial charge is 0.396 e. The third kappa shape index (κ3) is 11.9. The second kappa shape index (κ2) is 11.9. The molecule has 0 atom stereocenters. The van der Waals surface area contributed by atoms with Crippen molar-refractivity contribution in [3.05, 3.63) is 0 Å². The van der Waals surface area contributed by atoms with Gasteiger partial charge in [0, 0.05) is 19.8 Å². The fraction of sp³-hybridized carbons (Fsp3) is 1.00. The number of unbranched alkanes of at least 4 members (excludes halogenated alkanes) is 4. The van der Waals surface area contributed by atoms with Crippen LogP contribution in [-0.2, 0) is 4.74 Å². The maximum atomic E-state index is 8.51. The van der Waals surface area contributed by atoms with Crippen LogP contribution in [0.4, 0.5) is 0 Å². The van der Waals surface area contributed by atoms with Crippen molar-refractivity contribution in [1.29, 1.82) is 0 Å². The summed E-state index contributed by atoms with van der Waals surface area (Å²) in [5, 5.41) is 8.51. The van der Waals surface area contributed by atoms with Gasteiger partial charge in [-0.3, -0.25) is 0 Å². The monoisotopic (exact) mass is 189 g/mol. The van der Waals surface area contributed by atoms with Crippen LogP contribution in [0.3, 0.4) is 0 Å². The molecule has 0 aromatic heterocycles. The van der Waals surface area contributed by atoms with Gasteiger partial charge in [-0.15, -0.1) is 0 Å². The quantitative estimate of drug-likeness (QED) is 0.509. The predicted molar refractivity (Wildman–Crippen MR) is 54.7 cm³/mol. The fourth-order valence-electron chi connectivity index (χ4n) is 1.12. The van der Waals surface area contributed by atoms with E-state index in [1.807, 2.05) is 0 Å². The topological polar surface area (TPSA) is 55.5 Å². The van der Waals surface area contributed by atoms with Gasteiger partial charge in [-0.2, -0.15) is 0 Å². The first kappa shape index (κ1) is 12.9. The van der Waals surface area contributed by atoms with Gasteiger partial charge < -0.3 is 15.6 Å². The molecule has 0 bridgehead atoms.